The molecule has 136 heavy (non-hydrogen) atoms. The number of carbonyl (C=O) groups excluding carboxylic acids is 20. The van der Waals surface area contributed by atoms with Crippen molar-refractivity contribution in [2.45, 2.75) is 226 Å². The lowest BCUT2D eigenvalue weighted by atomic mass is 10.0. The van der Waals surface area contributed by atoms with E-state index in [9.17, 15) is 82.4 Å². The Morgan fingerprint density at radius 3 is 1.76 bits per heavy atom. The van der Waals surface area contributed by atoms with E-state index in [-0.39, 0.29) is 51.6 Å². The lowest BCUT2D eigenvalue weighted by Gasteiger charge is -2.31. The maximum absolute atomic E-state index is 15.8. The van der Waals surface area contributed by atoms with Gasteiger partial charge in [-0.1, -0.05) is 96.7 Å². The van der Waals surface area contributed by atoms with Crippen LogP contribution in [0.15, 0.2) is 73.1 Å². The summed E-state index contributed by atoms with van der Waals surface area (Å²) in [5, 5.41) is 70.6. The summed E-state index contributed by atoms with van der Waals surface area (Å²) in [6.45, 7) is 9.63. The Morgan fingerprint density at radius 2 is 1.12 bits per heavy atom. The molecule has 0 aliphatic carbocycles. The quantitative estimate of drug-likeness (QED) is 0.0328. The molecule has 7 rings (SSSR count). The highest BCUT2D eigenvalue weighted by Gasteiger charge is 2.44. The predicted molar refractivity (Wildman–Crippen MR) is 493 cm³/mol. The van der Waals surface area contributed by atoms with Crippen LogP contribution in [0.2, 0.25) is 0 Å². The number of nitrogens with one attached hydrogen (secondary N) is 18. The fourth-order valence-corrected chi connectivity index (χ4v) is 18.0. The van der Waals surface area contributed by atoms with Crippen LogP contribution in [0.1, 0.15) is 117 Å². The van der Waals surface area contributed by atoms with Gasteiger partial charge < -0.3 is 139 Å². The van der Waals surface area contributed by atoms with Crippen molar-refractivity contribution in [1.29, 1.82) is 0 Å². The van der Waals surface area contributed by atoms with Gasteiger partial charge in [0.25, 0.3) is 5.91 Å². The van der Waals surface area contributed by atoms with Crippen molar-refractivity contribution in [3.63, 3.8) is 0 Å². The molecule has 0 radical (unpaired) electrons. The van der Waals surface area contributed by atoms with Gasteiger partial charge in [0.1, 0.15) is 90.6 Å². The van der Waals surface area contributed by atoms with Crippen LogP contribution in [0.3, 0.4) is 0 Å². The molecule has 4 saturated heterocycles. The Labute approximate surface area is 793 Å². The van der Waals surface area contributed by atoms with Crippen LogP contribution < -0.4 is 113 Å². The number of carboxylic acid groups (broad SMARTS) is 2. The van der Waals surface area contributed by atoms with Gasteiger partial charge in [-0.15, -0.1) is 0 Å². The predicted octanol–water partition coefficient (Wildman–Crippen LogP) is -8.54. The topological polar surface area (TPSA) is 764 Å². The van der Waals surface area contributed by atoms with Crippen molar-refractivity contribution in [2.75, 3.05) is 55.8 Å². The maximum Gasteiger partial charge on any atom is 0.326 e. The number of aliphatic hydroxyl groups is 1. The molecule has 48 nitrogen and oxygen atoms in total. The van der Waals surface area contributed by atoms with Gasteiger partial charge in [-0.25, -0.2) is 4.79 Å². The fraction of sp³-hybridized carbons (Fsp3) is 0.553. The second kappa shape index (κ2) is 53.3. The summed E-state index contributed by atoms with van der Waals surface area (Å²) in [6, 6.07) is -14.8. The van der Waals surface area contributed by atoms with Gasteiger partial charge in [0.15, 0.2) is 0 Å². The zero-order valence-electron chi connectivity index (χ0n) is 75.7. The Morgan fingerprint density at radius 1 is 0.551 bits per heavy atom. The lowest BCUT2D eigenvalue weighted by molar-refractivity contribution is -0.142. The summed E-state index contributed by atoms with van der Waals surface area (Å²) in [5.41, 5.74) is 23.8. The van der Waals surface area contributed by atoms with Crippen molar-refractivity contribution in [3.05, 3.63) is 84.2 Å². The lowest BCUT2D eigenvalue weighted by Crippen LogP contribution is -2.63. The number of aromatic amines is 1. The first-order valence-corrected chi connectivity index (χ1v) is 47.2. The number of benzene rings is 2. The number of carbonyl (C=O) groups is 22. The number of aliphatic hydroxyl groups excluding tert-OH is 1. The Balaban J connectivity index is 1.42. The number of H-pyrrole nitrogens is 1. The third-order valence-corrected chi connectivity index (χ3v) is 26.0. The summed E-state index contributed by atoms with van der Waals surface area (Å²) in [4.78, 5) is 322. The van der Waals surface area contributed by atoms with Gasteiger partial charge >= 0.3 is 11.9 Å². The third-order valence-electron chi connectivity index (χ3n) is 22.2. The second-order valence-corrected chi connectivity index (χ2v) is 37.6. The number of rotatable bonds is 22. The van der Waals surface area contributed by atoms with E-state index in [1.165, 1.54) is 38.8 Å². The van der Waals surface area contributed by atoms with E-state index in [0.29, 0.717) is 52.0 Å². The first kappa shape index (κ1) is 110. The van der Waals surface area contributed by atoms with Crippen molar-refractivity contribution in [3.8, 4) is 0 Å². The molecular weight excluding hydrogens is 1840 g/mol. The molecule has 3 aromatic rings. The molecule has 1 aromatic heterocycles. The van der Waals surface area contributed by atoms with Crippen molar-refractivity contribution >= 4 is 176 Å². The fourth-order valence-electron chi connectivity index (χ4n) is 14.7. The summed E-state index contributed by atoms with van der Waals surface area (Å²) >= 11 is 1.86. The van der Waals surface area contributed by atoms with Crippen LogP contribution in [0.4, 0.5) is 0 Å². The number of hydrogen-bond acceptors (Lipinski definition) is 28. The monoisotopic (exact) mass is 1960 g/mol. The van der Waals surface area contributed by atoms with E-state index in [1.54, 1.807) is 68.4 Å². The number of fused-ring (bicyclic) bond motifs is 10. The minimum atomic E-state index is -2.29. The number of nitrogens with two attached hydrogens (primary N) is 4. The van der Waals surface area contributed by atoms with Gasteiger partial charge in [-0.3, -0.25) is 101 Å². The molecule has 4 fully saturated rings. The van der Waals surface area contributed by atoms with Crippen LogP contribution >= 0.6 is 35.3 Å². The van der Waals surface area contributed by atoms with Gasteiger partial charge in [0, 0.05) is 76.4 Å². The van der Waals surface area contributed by atoms with Crippen molar-refractivity contribution in [2.24, 2.45) is 34.8 Å². The molecule has 4 aliphatic rings. The van der Waals surface area contributed by atoms with Crippen LogP contribution in [-0.4, -0.2) is 318 Å². The number of aliphatic carboxylic acids is 2. The second-order valence-electron chi connectivity index (χ2n) is 33.7. The van der Waals surface area contributed by atoms with Crippen molar-refractivity contribution < 1.29 is 121 Å². The van der Waals surface area contributed by atoms with Gasteiger partial charge in [-0.2, -0.15) is 35.3 Å². The highest BCUT2D eigenvalue weighted by Crippen LogP contribution is 2.25. The Hall–Kier alpha value is -13.0. The number of thioether (sulfide) groups is 3. The number of hydrogen-bond donors (Lipinski definition) is 25. The molecule has 4 bridgehead atoms. The van der Waals surface area contributed by atoms with Gasteiger partial charge in [-0.05, 0) is 80.5 Å². The third kappa shape index (κ3) is 33.8. The average molecular weight is 1960 g/mol. The summed E-state index contributed by atoms with van der Waals surface area (Å²) in [6.07, 6.45) is -2.45. The SMILES string of the molecule is C=C1NC(=O)[C@@H]2CS[C@@H](C)[C@H](NC(=O)[C@@H](CC(C)C)NC(=O)[C@@H]3CCCN3C(=O)CNC(=O)[C@@H](Cc3ccccc3)NC1=O)C(=O)N[C@@H](Cc1c[nH]c3ccccc13)C(=O)N[C@H](CO)C(=O)N[C@@H]1CSC[C@@H](NC(=O)[C@H](CCC(N)=O)NC(=O)[C@H](C(C)C)NC(=O)[C@H](N)CS[C@@H](C)[C@@H](C(=O)N[C@H](CCCCN)C(=O)O)NC(=O)[C@@H](CC(N)=O)NC(=O)CNC(=O)[C@H](CC(=O)O)NC1=O)C(=O)N2. The number of nitrogens with zero attached hydrogens (tertiary/aromatic N) is 1. The highest BCUT2D eigenvalue weighted by molar-refractivity contribution is 8.00. The van der Waals surface area contributed by atoms with Crippen LogP contribution in [0.25, 0.3) is 10.9 Å². The van der Waals surface area contributed by atoms with Crippen LogP contribution in [0.5, 0.6) is 0 Å². The van der Waals surface area contributed by atoms with E-state index in [1.807, 2.05) is 0 Å². The number of para-hydroxylation sites is 1. The Kier molecular flexibility index (Phi) is 43.1. The van der Waals surface area contributed by atoms with E-state index < -0.39 is 330 Å². The molecule has 2 aromatic carbocycles. The normalized spacial score (nSPS) is 26.9. The zero-order valence-corrected chi connectivity index (χ0v) is 78.1. The van der Waals surface area contributed by atoms with Crippen LogP contribution in [0, 0.1) is 11.8 Å². The zero-order chi connectivity index (χ0) is 100. The number of unbranched alkanes of at least 4 members (excludes halogenated alkanes) is 1. The molecule has 5 heterocycles. The maximum atomic E-state index is 15.8. The molecule has 4 aliphatic heterocycles. The standard InChI is InChI=1S/C85H121N23O25S3/c1-39(2)26-51-75(122)106-68-43(7)136-38-59(78(125)93-41(5)69(116)97-52(27-44-16-9-8-10-17-44)71(118)92-33-64(113)108-25-15-21-60(108)81(128)99-51)104-80(127)58-37-134-36-57(103-77(124)56(34-109)101-74(121)53(100-84(68)131)28-45-31-90-48-19-12-11-18-46(45)48)79(126)98-55(30-65(114)115)72(119)91-32-63(112)94-54(29-62(89)111)76(123)107-67(83(130)96-50(85(132)133)20-13-14-24-86)42(6)135-35-47(87)70(117)105-66(40(3)4)82(129)95-49(73(120)102-58)22-23-61(88)110/h8-12,16-19,31,39-40,42-43,47,49-60,66-68,90,109H,5,13-15,20-30,32-38,86-87H2,1-4,6-7H3,(H2,88,110)(H2,89,111)(H,91,119)(H,92,118)(H,93,125)(H,94,112)(H,95,129)(H,96,130)(H,97,116)(H,98,126)(H,99,128)(H,100,131)(H,101,121)(H,102,120)(H,103,124)(H,104,127)(H,105,117)(H,106,122)(H,107,123)(H,114,115)(H,132,133)/t42-,43-,47+,49-,50+,51+,52+,53-,54+,55-,56+,57+,58+,59-,60-,66-,67-,68-/m0/s1. The summed E-state index contributed by atoms with van der Waals surface area (Å²) < 4.78 is 0. The van der Waals surface area contributed by atoms with Crippen molar-refractivity contribution in [1.82, 2.24) is 100 Å². The molecule has 0 saturated carbocycles. The summed E-state index contributed by atoms with van der Waals surface area (Å²) in [7, 11) is 0. The number of aromatic nitrogens is 1. The molecule has 51 heteroatoms. The highest BCUT2D eigenvalue weighted by atomic mass is 32.2. The van der Waals surface area contributed by atoms with Gasteiger partial charge in [0.2, 0.25) is 112 Å². The number of carboxylic acids is 2. The number of primary amides is 2. The minimum Gasteiger partial charge on any atom is -0.481 e. The van der Waals surface area contributed by atoms with Gasteiger partial charge in [0.05, 0.1) is 44.3 Å². The molecule has 18 atom stereocenters. The Bertz CT molecular complexity index is 4910. The largest absolute Gasteiger partial charge is 0.481 e. The molecule has 744 valence electrons. The molecule has 0 spiro atoms. The van der Waals surface area contributed by atoms with E-state index >= 15 is 38.4 Å². The smallest absolute Gasteiger partial charge is 0.326 e. The number of amides is 20. The average Bonchev–Trinajstić information content (AvgIpc) is 1.59. The van der Waals surface area contributed by atoms with E-state index in [0.717, 1.165) is 11.8 Å². The molecule has 0 unspecified atom stereocenters. The molecule has 20 amide bonds. The summed E-state index contributed by atoms with van der Waals surface area (Å²) in [5.74, 6) is -31.7. The minimum absolute atomic E-state index is 0.0184. The van der Waals surface area contributed by atoms with Crippen LogP contribution in [-0.2, 0) is 118 Å². The van der Waals surface area contributed by atoms with E-state index in [4.69, 9.17) is 22.9 Å². The first-order valence-electron chi connectivity index (χ1n) is 43.9. The molecular formula is C85H121N23O25S3. The van der Waals surface area contributed by atoms with E-state index in [2.05, 4.69) is 102 Å². The first-order chi connectivity index (χ1) is 64.4. The molecule has 29 N–H and O–H groups in total.